The number of hydrogen-bond acceptors (Lipinski definition) is 5. The molecule has 3 rings (SSSR count). The van der Waals surface area contributed by atoms with Crippen LogP contribution in [0.15, 0.2) is 52.8 Å². The highest BCUT2D eigenvalue weighted by Gasteiger charge is 2.08. The second kappa shape index (κ2) is 6.13. The molecule has 1 aromatic carbocycles. The van der Waals surface area contributed by atoms with Gasteiger partial charge in [0.1, 0.15) is 0 Å². The minimum atomic E-state index is -0.401. The molecule has 7 heteroatoms. The van der Waals surface area contributed by atoms with Gasteiger partial charge in [-0.15, -0.1) is 11.3 Å². The number of pyridine rings is 1. The minimum absolute atomic E-state index is 0.0838. The average Bonchev–Trinajstić information content (AvgIpc) is 2.88. The second-order valence-corrected chi connectivity index (χ2v) is 5.85. The Balaban J connectivity index is 2.00. The maximum absolute atomic E-state index is 10.7. The van der Waals surface area contributed by atoms with Gasteiger partial charge in [0.05, 0.1) is 10.6 Å². The van der Waals surface area contributed by atoms with Gasteiger partial charge in [-0.2, -0.15) is 0 Å². The van der Waals surface area contributed by atoms with Gasteiger partial charge >= 0.3 is 0 Å². The Morgan fingerprint density at radius 3 is 2.61 bits per heavy atom. The van der Waals surface area contributed by atoms with Gasteiger partial charge in [-0.1, -0.05) is 6.07 Å². The molecule has 0 bridgehead atoms. The Morgan fingerprint density at radius 1 is 1.22 bits per heavy atom. The SMILES string of the molecule is Cc1cccc(/N=c2\scc(-c3ccc([N+](=O)[O-])cc3)n2C)n1. The van der Waals surface area contributed by atoms with E-state index in [2.05, 4.69) is 9.98 Å². The van der Waals surface area contributed by atoms with Crippen molar-refractivity contribution in [3.63, 3.8) is 0 Å². The van der Waals surface area contributed by atoms with Crippen molar-refractivity contribution in [2.75, 3.05) is 0 Å². The van der Waals surface area contributed by atoms with E-state index >= 15 is 0 Å². The fourth-order valence-corrected chi connectivity index (χ4v) is 3.09. The van der Waals surface area contributed by atoms with Crippen molar-refractivity contribution < 1.29 is 4.92 Å². The second-order valence-electron chi connectivity index (χ2n) is 5.02. The van der Waals surface area contributed by atoms with Crippen LogP contribution in [0, 0.1) is 17.0 Å². The molecule has 0 unspecified atom stereocenters. The van der Waals surface area contributed by atoms with Crippen molar-refractivity contribution >= 4 is 22.8 Å². The van der Waals surface area contributed by atoms with Gasteiger partial charge in [0.2, 0.25) is 0 Å². The van der Waals surface area contributed by atoms with Crippen molar-refractivity contribution in [1.29, 1.82) is 0 Å². The summed E-state index contributed by atoms with van der Waals surface area (Å²) in [6, 6.07) is 12.2. The van der Waals surface area contributed by atoms with Crippen LogP contribution in [0.2, 0.25) is 0 Å². The molecular weight excluding hydrogens is 312 g/mol. The summed E-state index contributed by atoms with van der Waals surface area (Å²) in [6.07, 6.45) is 0. The smallest absolute Gasteiger partial charge is 0.269 e. The molecule has 0 atom stereocenters. The normalized spacial score (nSPS) is 11.7. The third-order valence-corrected chi connectivity index (χ3v) is 4.30. The monoisotopic (exact) mass is 326 g/mol. The average molecular weight is 326 g/mol. The third-order valence-electron chi connectivity index (χ3n) is 3.38. The summed E-state index contributed by atoms with van der Waals surface area (Å²) in [4.78, 5) is 20.1. The highest BCUT2D eigenvalue weighted by atomic mass is 32.1. The summed E-state index contributed by atoms with van der Waals surface area (Å²) in [5, 5.41) is 12.7. The Hall–Kier alpha value is -2.80. The quantitative estimate of drug-likeness (QED) is 0.545. The van der Waals surface area contributed by atoms with Crippen LogP contribution in [0.4, 0.5) is 11.5 Å². The lowest BCUT2D eigenvalue weighted by Gasteiger charge is -2.02. The van der Waals surface area contributed by atoms with Crippen LogP contribution in [0.3, 0.4) is 0 Å². The van der Waals surface area contributed by atoms with Crippen molar-refractivity contribution in [1.82, 2.24) is 9.55 Å². The zero-order valence-corrected chi connectivity index (χ0v) is 13.4. The Kier molecular flexibility index (Phi) is 4.03. The predicted molar refractivity (Wildman–Crippen MR) is 89.6 cm³/mol. The van der Waals surface area contributed by atoms with Crippen molar-refractivity contribution in [3.8, 4) is 11.3 Å². The summed E-state index contributed by atoms with van der Waals surface area (Å²) in [5.74, 6) is 0.665. The van der Waals surface area contributed by atoms with E-state index in [9.17, 15) is 10.1 Å². The highest BCUT2D eigenvalue weighted by molar-refractivity contribution is 7.07. The van der Waals surface area contributed by atoms with Gasteiger partial charge in [0, 0.05) is 30.3 Å². The van der Waals surface area contributed by atoms with Crippen LogP contribution >= 0.6 is 11.3 Å². The number of aromatic nitrogens is 2. The molecule has 0 aliphatic heterocycles. The molecule has 0 radical (unpaired) electrons. The molecule has 0 aliphatic rings. The molecule has 0 saturated heterocycles. The Bertz CT molecular complexity index is 926. The summed E-state index contributed by atoms with van der Waals surface area (Å²) in [6.45, 7) is 1.93. The van der Waals surface area contributed by atoms with Crippen LogP contribution in [0.5, 0.6) is 0 Å². The first-order valence-electron chi connectivity index (χ1n) is 6.92. The molecule has 23 heavy (non-hydrogen) atoms. The molecule has 0 N–H and O–H groups in total. The highest BCUT2D eigenvalue weighted by Crippen LogP contribution is 2.22. The number of hydrogen-bond donors (Lipinski definition) is 0. The van der Waals surface area contributed by atoms with E-state index < -0.39 is 4.92 Å². The number of benzene rings is 1. The van der Waals surface area contributed by atoms with E-state index in [0.717, 1.165) is 21.8 Å². The van der Waals surface area contributed by atoms with Gasteiger partial charge in [-0.3, -0.25) is 10.1 Å². The molecular formula is C16H14N4O2S. The number of nitrogens with zero attached hydrogens (tertiary/aromatic N) is 4. The fourth-order valence-electron chi connectivity index (χ4n) is 2.18. The molecule has 3 aromatic rings. The van der Waals surface area contributed by atoms with Crippen LogP contribution < -0.4 is 4.80 Å². The number of nitro benzene ring substituents is 1. The number of rotatable bonds is 3. The summed E-state index contributed by atoms with van der Waals surface area (Å²) >= 11 is 1.50. The van der Waals surface area contributed by atoms with Gasteiger partial charge in [0.15, 0.2) is 10.6 Å². The standard InChI is InChI=1S/C16H14N4O2S/c1-11-4-3-5-15(17-11)18-16-19(2)14(10-23-16)12-6-8-13(9-7-12)20(21)22/h3-10H,1-2H3/b18-16-. The maximum atomic E-state index is 10.7. The van der Waals surface area contributed by atoms with E-state index in [1.54, 1.807) is 12.1 Å². The molecule has 2 heterocycles. The first kappa shape index (κ1) is 15.1. The number of thiazole rings is 1. The summed E-state index contributed by atoms with van der Waals surface area (Å²) in [7, 11) is 1.92. The van der Waals surface area contributed by atoms with Crippen LogP contribution in [0.25, 0.3) is 11.3 Å². The van der Waals surface area contributed by atoms with E-state index in [4.69, 9.17) is 0 Å². The Morgan fingerprint density at radius 2 is 1.96 bits per heavy atom. The van der Waals surface area contributed by atoms with Crippen LogP contribution in [0.1, 0.15) is 5.69 Å². The van der Waals surface area contributed by atoms with E-state index in [0.29, 0.717) is 5.82 Å². The topological polar surface area (TPSA) is 73.3 Å². The predicted octanol–water partition coefficient (Wildman–Crippen LogP) is 3.60. The molecule has 116 valence electrons. The zero-order valence-electron chi connectivity index (χ0n) is 12.6. The van der Waals surface area contributed by atoms with Crippen molar-refractivity contribution in [2.24, 2.45) is 12.0 Å². The van der Waals surface area contributed by atoms with Gasteiger partial charge in [0.25, 0.3) is 5.69 Å². The number of aryl methyl sites for hydroxylation is 1. The van der Waals surface area contributed by atoms with E-state index in [1.165, 1.54) is 23.5 Å². The maximum Gasteiger partial charge on any atom is 0.269 e. The molecule has 0 fully saturated rings. The molecule has 6 nitrogen and oxygen atoms in total. The van der Waals surface area contributed by atoms with E-state index in [-0.39, 0.29) is 5.69 Å². The zero-order chi connectivity index (χ0) is 16.4. The number of nitro groups is 1. The van der Waals surface area contributed by atoms with Crippen molar-refractivity contribution in [3.05, 3.63) is 68.5 Å². The fraction of sp³-hybridized carbons (Fsp3) is 0.125. The molecule has 0 spiro atoms. The summed E-state index contributed by atoms with van der Waals surface area (Å²) < 4.78 is 1.95. The van der Waals surface area contributed by atoms with Gasteiger partial charge < -0.3 is 4.57 Å². The Labute approximate surface area is 136 Å². The van der Waals surface area contributed by atoms with Crippen molar-refractivity contribution in [2.45, 2.75) is 6.92 Å². The van der Waals surface area contributed by atoms with Crippen LogP contribution in [-0.2, 0) is 7.05 Å². The minimum Gasteiger partial charge on any atom is -0.320 e. The lowest BCUT2D eigenvalue weighted by Crippen LogP contribution is -2.11. The molecule has 0 aliphatic carbocycles. The lowest BCUT2D eigenvalue weighted by atomic mass is 10.1. The largest absolute Gasteiger partial charge is 0.320 e. The van der Waals surface area contributed by atoms with E-state index in [1.807, 2.05) is 42.1 Å². The molecule has 2 aromatic heterocycles. The van der Waals surface area contributed by atoms with Gasteiger partial charge in [-0.05, 0) is 36.8 Å². The molecule has 0 amide bonds. The lowest BCUT2D eigenvalue weighted by molar-refractivity contribution is -0.384. The summed E-state index contributed by atoms with van der Waals surface area (Å²) in [5.41, 5.74) is 2.87. The third kappa shape index (κ3) is 3.19. The first-order chi connectivity index (χ1) is 11.0. The number of non-ortho nitro benzene ring substituents is 1. The van der Waals surface area contributed by atoms with Gasteiger partial charge in [-0.25, -0.2) is 9.98 Å². The van der Waals surface area contributed by atoms with Crippen LogP contribution in [-0.4, -0.2) is 14.5 Å². The first-order valence-corrected chi connectivity index (χ1v) is 7.80. The molecule has 0 saturated carbocycles.